The van der Waals surface area contributed by atoms with E-state index in [4.69, 9.17) is 26.8 Å². The van der Waals surface area contributed by atoms with Crippen LogP contribution in [0.4, 0.5) is 0 Å². The second-order valence-corrected chi connectivity index (χ2v) is 7.80. The van der Waals surface area contributed by atoms with E-state index >= 15 is 0 Å². The molecule has 0 spiro atoms. The van der Waals surface area contributed by atoms with Crippen LogP contribution in [-0.4, -0.2) is 18.4 Å². The van der Waals surface area contributed by atoms with Gasteiger partial charge in [-0.05, 0) is 36.1 Å². The molecule has 0 unspecified atom stereocenters. The van der Waals surface area contributed by atoms with E-state index in [1.807, 2.05) is 36.4 Å². The van der Waals surface area contributed by atoms with E-state index in [-0.39, 0.29) is 29.8 Å². The summed E-state index contributed by atoms with van der Waals surface area (Å²) >= 11 is 6.21. The number of benzene rings is 2. The fraction of sp³-hybridized carbons (Fsp3) is 0.250. The molecule has 6 heteroatoms. The van der Waals surface area contributed by atoms with Crippen molar-refractivity contribution in [3.8, 4) is 0 Å². The molecule has 2 aliphatic rings. The van der Waals surface area contributed by atoms with E-state index in [1.165, 1.54) is 0 Å². The summed E-state index contributed by atoms with van der Waals surface area (Å²) in [6.45, 7) is 1.90. The van der Waals surface area contributed by atoms with Gasteiger partial charge < -0.3 is 15.2 Å². The van der Waals surface area contributed by atoms with Crippen molar-refractivity contribution in [3.05, 3.63) is 93.5 Å². The summed E-state index contributed by atoms with van der Waals surface area (Å²) in [5.74, 6) is -0.853. The standard InChI is InChI=1S/C24H22ClNO4/c1-2-29-24(28)22-20(15-9-6-10-17(25)11-15)21-18(27)12-16(13-19(21)30-23(22)26)14-7-4-3-5-8-14/h3-11,16,20H,2,12-13,26H2,1H3/t16-,20+/m1/s1. The number of carbonyl (C=O) groups is 2. The third-order valence-corrected chi connectivity index (χ3v) is 5.72. The molecule has 1 aliphatic heterocycles. The van der Waals surface area contributed by atoms with Crippen molar-refractivity contribution >= 4 is 23.4 Å². The number of allylic oxidation sites excluding steroid dienone is 2. The molecule has 2 atom stereocenters. The highest BCUT2D eigenvalue weighted by Crippen LogP contribution is 2.47. The smallest absolute Gasteiger partial charge is 0.340 e. The number of hydrogen-bond acceptors (Lipinski definition) is 5. The van der Waals surface area contributed by atoms with Crippen LogP contribution >= 0.6 is 11.6 Å². The summed E-state index contributed by atoms with van der Waals surface area (Å²) in [4.78, 5) is 26.1. The molecule has 0 aromatic heterocycles. The number of ether oxygens (including phenoxy) is 2. The number of Topliss-reactive ketones (excluding diaryl/α,β-unsaturated/α-hetero) is 1. The molecule has 2 aromatic rings. The molecule has 0 saturated carbocycles. The van der Waals surface area contributed by atoms with Gasteiger partial charge in [0.25, 0.3) is 0 Å². The topological polar surface area (TPSA) is 78.6 Å². The van der Waals surface area contributed by atoms with Gasteiger partial charge in [0.15, 0.2) is 5.78 Å². The maximum Gasteiger partial charge on any atom is 0.340 e. The van der Waals surface area contributed by atoms with Crippen molar-refractivity contribution in [2.45, 2.75) is 31.6 Å². The monoisotopic (exact) mass is 423 g/mol. The van der Waals surface area contributed by atoms with Gasteiger partial charge in [-0.25, -0.2) is 4.79 Å². The Morgan fingerprint density at radius 3 is 2.57 bits per heavy atom. The average Bonchev–Trinajstić information content (AvgIpc) is 2.73. The second kappa shape index (κ2) is 8.36. The summed E-state index contributed by atoms with van der Waals surface area (Å²) in [5.41, 5.74) is 8.57. The Morgan fingerprint density at radius 2 is 1.87 bits per heavy atom. The van der Waals surface area contributed by atoms with Crippen LogP contribution in [0.3, 0.4) is 0 Å². The number of nitrogens with two attached hydrogens (primary N) is 1. The van der Waals surface area contributed by atoms with Crippen molar-refractivity contribution in [1.82, 2.24) is 0 Å². The van der Waals surface area contributed by atoms with E-state index in [0.29, 0.717) is 34.8 Å². The zero-order valence-electron chi connectivity index (χ0n) is 16.6. The molecule has 0 amide bonds. The summed E-state index contributed by atoms with van der Waals surface area (Å²) in [5, 5.41) is 0.508. The van der Waals surface area contributed by atoms with E-state index < -0.39 is 11.9 Å². The van der Waals surface area contributed by atoms with E-state index in [2.05, 4.69) is 0 Å². The molecular formula is C24H22ClNO4. The highest BCUT2D eigenvalue weighted by atomic mass is 35.5. The minimum atomic E-state index is -0.671. The predicted octanol–water partition coefficient (Wildman–Crippen LogP) is 4.59. The molecule has 2 N–H and O–H groups in total. The van der Waals surface area contributed by atoms with Gasteiger partial charge >= 0.3 is 5.97 Å². The first-order chi connectivity index (χ1) is 14.5. The molecule has 0 bridgehead atoms. The Kier molecular flexibility index (Phi) is 5.64. The molecule has 0 saturated heterocycles. The van der Waals surface area contributed by atoms with Crippen LogP contribution in [0.15, 0.2) is 77.4 Å². The minimum Gasteiger partial charge on any atom is -0.462 e. The number of hydrogen-bond donors (Lipinski definition) is 1. The van der Waals surface area contributed by atoms with Gasteiger partial charge in [-0.15, -0.1) is 0 Å². The highest BCUT2D eigenvalue weighted by molar-refractivity contribution is 6.30. The third kappa shape index (κ3) is 3.73. The van der Waals surface area contributed by atoms with Crippen LogP contribution in [-0.2, 0) is 19.1 Å². The first-order valence-electron chi connectivity index (χ1n) is 9.90. The molecular weight excluding hydrogens is 402 g/mol. The number of halogens is 1. The molecule has 4 rings (SSSR count). The molecule has 154 valence electrons. The van der Waals surface area contributed by atoms with Crippen LogP contribution in [0.5, 0.6) is 0 Å². The predicted molar refractivity (Wildman–Crippen MR) is 114 cm³/mol. The van der Waals surface area contributed by atoms with Crippen molar-refractivity contribution in [1.29, 1.82) is 0 Å². The Bertz CT molecular complexity index is 1060. The fourth-order valence-corrected chi connectivity index (χ4v) is 4.39. The van der Waals surface area contributed by atoms with Gasteiger partial charge in [-0.3, -0.25) is 4.79 Å². The van der Waals surface area contributed by atoms with Crippen LogP contribution in [0, 0.1) is 0 Å². The molecule has 1 aliphatic carbocycles. The van der Waals surface area contributed by atoms with E-state index in [0.717, 1.165) is 5.56 Å². The van der Waals surface area contributed by atoms with E-state index in [9.17, 15) is 9.59 Å². The maximum absolute atomic E-state index is 13.3. The molecule has 0 radical (unpaired) electrons. The molecule has 1 heterocycles. The van der Waals surface area contributed by atoms with Crippen LogP contribution < -0.4 is 5.73 Å². The Labute approximate surface area is 180 Å². The van der Waals surface area contributed by atoms with Crippen LogP contribution in [0.1, 0.15) is 42.7 Å². The van der Waals surface area contributed by atoms with Gasteiger partial charge in [0.2, 0.25) is 5.88 Å². The van der Waals surface area contributed by atoms with Gasteiger partial charge in [-0.2, -0.15) is 0 Å². The number of esters is 1. The number of rotatable bonds is 4. The van der Waals surface area contributed by atoms with Gasteiger partial charge in [0, 0.05) is 23.4 Å². The van der Waals surface area contributed by atoms with Crippen molar-refractivity contribution in [2.24, 2.45) is 5.73 Å². The number of ketones is 1. The summed E-state index contributed by atoms with van der Waals surface area (Å²) in [6, 6.07) is 16.9. The minimum absolute atomic E-state index is 0.00518. The van der Waals surface area contributed by atoms with Crippen molar-refractivity contribution in [3.63, 3.8) is 0 Å². The first kappa shape index (κ1) is 20.2. The lowest BCUT2D eigenvalue weighted by Gasteiger charge is -2.35. The van der Waals surface area contributed by atoms with Crippen LogP contribution in [0.25, 0.3) is 0 Å². The highest BCUT2D eigenvalue weighted by Gasteiger charge is 2.43. The molecule has 5 nitrogen and oxygen atoms in total. The van der Waals surface area contributed by atoms with E-state index in [1.54, 1.807) is 25.1 Å². The lowest BCUT2D eigenvalue weighted by molar-refractivity contribution is -0.139. The lowest BCUT2D eigenvalue weighted by Crippen LogP contribution is -2.33. The number of carbonyl (C=O) groups excluding carboxylic acids is 2. The Balaban J connectivity index is 1.81. The lowest BCUT2D eigenvalue weighted by atomic mass is 9.73. The molecule has 2 aromatic carbocycles. The second-order valence-electron chi connectivity index (χ2n) is 7.36. The van der Waals surface area contributed by atoms with Gasteiger partial charge in [-0.1, -0.05) is 54.1 Å². The summed E-state index contributed by atoms with van der Waals surface area (Å²) in [7, 11) is 0. The zero-order valence-corrected chi connectivity index (χ0v) is 17.3. The van der Waals surface area contributed by atoms with Crippen molar-refractivity contribution in [2.75, 3.05) is 6.61 Å². The quantitative estimate of drug-likeness (QED) is 0.728. The normalized spacial score (nSPS) is 21.2. The largest absolute Gasteiger partial charge is 0.462 e. The molecule has 0 fully saturated rings. The zero-order chi connectivity index (χ0) is 21.3. The average molecular weight is 424 g/mol. The van der Waals surface area contributed by atoms with Crippen molar-refractivity contribution < 1.29 is 19.1 Å². The fourth-order valence-electron chi connectivity index (χ4n) is 4.20. The Hall–Kier alpha value is -3.05. The van der Waals surface area contributed by atoms with Gasteiger partial charge in [0.05, 0.1) is 12.5 Å². The SMILES string of the molecule is CCOC(=O)C1=C(N)OC2=C(C(=O)C[C@@H](c3ccccc3)C2)[C@@H]1c1cccc(Cl)c1. The third-order valence-electron chi connectivity index (χ3n) is 5.49. The maximum atomic E-state index is 13.3. The molecule has 30 heavy (non-hydrogen) atoms. The Morgan fingerprint density at radius 1 is 1.13 bits per heavy atom. The van der Waals surface area contributed by atoms with Gasteiger partial charge in [0.1, 0.15) is 11.3 Å². The summed E-state index contributed by atoms with van der Waals surface area (Å²) < 4.78 is 11.1. The first-order valence-corrected chi connectivity index (χ1v) is 10.3. The van der Waals surface area contributed by atoms with Crippen LogP contribution in [0.2, 0.25) is 5.02 Å². The summed E-state index contributed by atoms with van der Waals surface area (Å²) in [6.07, 6.45) is 0.859.